The summed E-state index contributed by atoms with van der Waals surface area (Å²) in [5.41, 5.74) is 0. The van der Waals surface area contributed by atoms with Gasteiger partial charge in [0.1, 0.15) is 0 Å². The van der Waals surface area contributed by atoms with Gasteiger partial charge < -0.3 is 0 Å². The Morgan fingerprint density at radius 1 is 1.57 bits per heavy atom. The Morgan fingerprint density at radius 2 is 2.29 bits per heavy atom. The van der Waals surface area contributed by atoms with Crippen LogP contribution in [-0.4, -0.2) is 12.9 Å². The summed E-state index contributed by atoms with van der Waals surface area (Å²) in [5, 5.41) is 6.70. The Kier molecular flexibility index (Phi) is 4.41. The minimum Gasteiger partial charge on any atom is -0.167 e. The Labute approximate surface area is 43.3 Å². The fourth-order valence-electron chi connectivity index (χ4n) is 0.172. The van der Waals surface area contributed by atoms with E-state index in [1.807, 2.05) is 13.0 Å². The van der Waals surface area contributed by atoms with E-state index in [9.17, 15) is 0 Å². The van der Waals surface area contributed by atoms with E-state index in [4.69, 9.17) is 0 Å². The van der Waals surface area contributed by atoms with E-state index in [2.05, 4.69) is 16.9 Å². The molecule has 0 bridgehead atoms. The highest BCUT2D eigenvalue weighted by molar-refractivity contribution is 5.70. The van der Waals surface area contributed by atoms with Gasteiger partial charge >= 0.3 is 0 Å². The molecule has 0 aliphatic rings. The average Bonchev–Trinajstić information content (AvgIpc) is 1.69. The summed E-state index contributed by atoms with van der Waals surface area (Å²) in [6.07, 6.45) is 5.23. The molecular weight excluding hydrogens is 88.1 g/mol. The molecule has 0 aromatic heterocycles. The molecule has 0 aromatic rings. The van der Waals surface area contributed by atoms with Crippen molar-refractivity contribution in [3.63, 3.8) is 0 Å². The first-order valence-corrected chi connectivity index (χ1v) is 2.02. The summed E-state index contributed by atoms with van der Waals surface area (Å²) < 4.78 is 0. The molecule has 2 nitrogen and oxygen atoms in total. The predicted octanol–water partition coefficient (Wildman–Crippen LogP) is 1.25. The molecule has 0 unspecified atom stereocenters. The molecule has 0 aromatic carbocycles. The topological polar surface area (TPSA) is 24.7 Å². The van der Waals surface area contributed by atoms with Gasteiger partial charge in [0, 0.05) is 12.9 Å². The van der Waals surface area contributed by atoms with Crippen LogP contribution in [0.4, 0.5) is 0 Å². The maximum atomic E-state index is 3.46. The second kappa shape index (κ2) is 5.08. The van der Waals surface area contributed by atoms with Crippen LogP contribution in [0.5, 0.6) is 0 Å². The molecule has 0 N–H and O–H groups in total. The standard InChI is InChI=1S/C5H8N2/c1-3-4-5-7-6-2/h3-5H,2H2,1H3/b4-3-,7-5-. The molecule has 2 heteroatoms. The quantitative estimate of drug-likeness (QED) is 0.365. The van der Waals surface area contributed by atoms with Crippen LogP contribution in [0.3, 0.4) is 0 Å². The Morgan fingerprint density at radius 3 is 2.71 bits per heavy atom. The monoisotopic (exact) mass is 96.1 g/mol. The molecule has 7 heavy (non-hydrogen) atoms. The molecule has 0 atom stereocenters. The van der Waals surface area contributed by atoms with Crippen molar-refractivity contribution in [2.45, 2.75) is 6.92 Å². The van der Waals surface area contributed by atoms with E-state index in [1.54, 1.807) is 12.3 Å². The van der Waals surface area contributed by atoms with Gasteiger partial charge in [-0.05, 0) is 13.0 Å². The Hall–Kier alpha value is -0.920. The highest BCUT2D eigenvalue weighted by Crippen LogP contribution is 1.65. The lowest BCUT2D eigenvalue weighted by atomic mass is 10.6. The van der Waals surface area contributed by atoms with Crippen molar-refractivity contribution in [2.24, 2.45) is 10.2 Å². The van der Waals surface area contributed by atoms with Gasteiger partial charge in [-0.1, -0.05) is 6.08 Å². The van der Waals surface area contributed by atoms with Gasteiger partial charge in [-0.2, -0.15) is 10.2 Å². The second-order valence-corrected chi connectivity index (χ2v) is 0.932. The van der Waals surface area contributed by atoms with Crippen LogP contribution in [0.25, 0.3) is 0 Å². The van der Waals surface area contributed by atoms with Crippen LogP contribution < -0.4 is 0 Å². The highest BCUT2D eigenvalue weighted by Gasteiger charge is 1.53. The van der Waals surface area contributed by atoms with E-state index in [0.29, 0.717) is 0 Å². The number of hydrogen-bond acceptors (Lipinski definition) is 2. The maximum absolute atomic E-state index is 3.46. The lowest BCUT2D eigenvalue weighted by Crippen LogP contribution is -1.56. The molecule has 0 aliphatic heterocycles. The highest BCUT2D eigenvalue weighted by atomic mass is 15.2. The van der Waals surface area contributed by atoms with Crippen LogP contribution in [0.15, 0.2) is 22.4 Å². The Balaban J connectivity index is 3.27. The summed E-state index contributed by atoms with van der Waals surface area (Å²) in [4.78, 5) is 0. The van der Waals surface area contributed by atoms with Crippen LogP contribution in [0.2, 0.25) is 0 Å². The van der Waals surface area contributed by atoms with E-state index in [1.165, 1.54) is 0 Å². The molecule has 0 spiro atoms. The number of rotatable bonds is 2. The van der Waals surface area contributed by atoms with Crippen molar-refractivity contribution in [1.82, 2.24) is 0 Å². The van der Waals surface area contributed by atoms with Gasteiger partial charge in [0.2, 0.25) is 0 Å². The van der Waals surface area contributed by atoms with Crippen molar-refractivity contribution < 1.29 is 0 Å². The molecule has 0 rings (SSSR count). The third-order valence-electron chi connectivity index (χ3n) is 0.427. The van der Waals surface area contributed by atoms with Gasteiger partial charge in [-0.15, -0.1) is 0 Å². The molecule has 0 saturated heterocycles. The van der Waals surface area contributed by atoms with E-state index >= 15 is 0 Å². The fourth-order valence-corrected chi connectivity index (χ4v) is 0.172. The van der Waals surface area contributed by atoms with Crippen LogP contribution in [0.1, 0.15) is 6.92 Å². The van der Waals surface area contributed by atoms with Crippen molar-refractivity contribution in [2.75, 3.05) is 0 Å². The van der Waals surface area contributed by atoms with Crippen molar-refractivity contribution in [1.29, 1.82) is 0 Å². The fraction of sp³-hybridized carbons (Fsp3) is 0.200. The summed E-state index contributed by atoms with van der Waals surface area (Å²) >= 11 is 0. The first-order valence-electron chi connectivity index (χ1n) is 2.02. The molecule has 0 heterocycles. The molecule has 38 valence electrons. The average molecular weight is 96.1 g/mol. The number of nitrogens with zero attached hydrogens (tertiary/aromatic N) is 2. The molecule has 0 radical (unpaired) electrons. The van der Waals surface area contributed by atoms with E-state index in [0.717, 1.165) is 0 Å². The lowest BCUT2D eigenvalue weighted by molar-refractivity contribution is 1.28. The minimum atomic E-state index is 1.58. The molecule has 0 aliphatic carbocycles. The third-order valence-corrected chi connectivity index (χ3v) is 0.427. The first kappa shape index (κ1) is 6.08. The van der Waals surface area contributed by atoms with Crippen LogP contribution >= 0.6 is 0 Å². The second-order valence-electron chi connectivity index (χ2n) is 0.932. The smallest absolute Gasteiger partial charge is 0.0492 e. The number of hydrogen-bond donors (Lipinski definition) is 0. The first-order chi connectivity index (χ1) is 3.41. The lowest BCUT2D eigenvalue weighted by Gasteiger charge is -1.65. The Bertz CT molecular complexity index is 92.3. The van der Waals surface area contributed by atoms with Gasteiger partial charge in [0.05, 0.1) is 0 Å². The molecule has 0 amide bonds. The van der Waals surface area contributed by atoms with Crippen LogP contribution in [-0.2, 0) is 0 Å². The zero-order valence-corrected chi connectivity index (χ0v) is 4.33. The minimum absolute atomic E-state index is 1.58. The van der Waals surface area contributed by atoms with Gasteiger partial charge in [-0.25, -0.2) is 0 Å². The van der Waals surface area contributed by atoms with Crippen LogP contribution in [0, 0.1) is 0 Å². The van der Waals surface area contributed by atoms with E-state index in [-0.39, 0.29) is 0 Å². The van der Waals surface area contributed by atoms with Crippen molar-refractivity contribution >= 4 is 12.9 Å². The van der Waals surface area contributed by atoms with Crippen molar-refractivity contribution in [3.8, 4) is 0 Å². The molecule has 0 fully saturated rings. The molecule has 0 saturated carbocycles. The summed E-state index contributed by atoms with van der Waals surface area (Å²) in [5.74, 6) is 0. The summed E-state index contributed by atoms with van der Waals surface area (Å²) in [6, 6.07) is 0. The predicted molar refractivity (Wildman–Crippen MR) is 32.9 cm³/mol. The van der Waals surface area contributed by atoms with Gasteiger partial charge in [-0.3, -0.25) is 0 Å². The largest absolute Gasteiger partial charge is 0.167 e. The van der Waals surface area contributed by atoms with Gasteiger partial charge in [0.15, 0.2) is 0 Å². The summed E-state index contributed by atoms with van der Waals surface area (Å²) in [6.45, 7) is 5.06. The molecular formula is C5H8N2. The zero-order chi connectivity index (χ0) is 5.54. The maximum Gasteiger partial charge on any atom is 0.0492 e. The van der Waals surface area contributed by atoms with Gasteiger partial charge in [0.25, 0.3) is 0 Å². The normalized spacial score (nSPS) is 11.0. The summed E-state index contributed by atoms with van der Waals surface area (Å²) in [7, 11) is 0. The SMILES string of the molecule is C=N/N=C\C=C/C. The number of allylic oxidation sites excluding steroid dienone is 2. The van der Waals surface area contributed by atoms with Crippen molar-refractivity contribution in [3.05, 3.63) is 12.2 Å². The third kappa shape index (κ3) is 5.08. The van der Waals surface area contributed by atoms with E-state index < -0.39 is 0 Å². The zero-order valence-electron chi connectivity index (χ0n) is 4.33.